The fourth-order valence-electron chi connectivity index (χ4n) is 0.937. The van der Waals surface area contributed by atoms with E-state index in [1.54, 1.807) is 0 Å². The van der Waals surface area contributed by atoms with E-state index in [-0.39, 0.29) is 0 Å². The molecule has 0 bridgehead atoms. The molecule has 0 fully saturated rings. The number of hydrogen-bond donors (Lipinski definition) is 1. The first-order valence-corrected chi connectivity index (χ1v) is 7.41. The second kappa shape index (κ2) is 3.69. The minimum Gasteiger partial charge on any atom is -0.396 e. The van der Waals surface area contributed by atoms with Gasteiger partial charge in [-0.1, -0.05) is 41.5 Å². The molecule has 1 aromatic carbocycles. The van der Waals surface area contributed by atoms with E-state index in [0.717, 1.165) is 0 Å². The number of anilines is 1. The fraction of sp³-hybridized carbons (Fsp3) is 0.250. The van der Waals surface area contributed by atoms with Gasteiger partial charge in [-0.15, -0.1) is 0 Å². The monoisotopic (exact) mass is 219 g/mol. The molecule has 12 heavy (non-hydrogen) atoms. The Kier molecular flexibility index (Phi) is 3.04. The average Bonchev–Trinajstić information content (AvgIpc) is 1.99. The highest BCUT2D eigenvalue weighted by Gasteiger charge is 2.07. The maximum atomic E-state index is 5.88. The molecule has 0 spiro atoms. The fourth-order valence-corrected chi connectivity index (χ4v) is 2.65. The SMILES string of the molecule is C[SiH](C)c1cc(Cl)c(N)c(Cl)c1. The summed E-state index contributed by atoms with van der Waals surface area (Å²) in [5.41, 5.74) is 6.09. The lowest BCUT2D eigenvalue weighted by molar-refractivity contribution is 1.70. The molecular formula is C8H11Cl2NSi. The largest absolute Gasteiger partial charge is 0.396 e. The van der Waals surface area contributed by atoms with Crippen LogP contribution >= 0.6 is 23.2 Å². The lowest BCUT2D eigenvalue weighted by atomic mass is 10.3. The predicted molar refractivity (Wildman–Crippen MR) is 59.4 cm³/mol. The molecule has 2 N–H and O–H groups in total. The van der Waals surface area contributed by atoms with Crippen LogP contribution in [0.5, 0.6) is 0 Å². The van der Waals surface area contributed by atoms with E-state index >= 15 is 0 Å². The lowest BCUT2D eigenvalue weighted by Gasteiger charge is -2.07. The van der Waals surface area contributed by atoms with Crippen molar-refractivity contribution in [3.63, 3.8) is 0 Å². The topological polar surface area (TPSA) is 26.0 Å². The minimum absolute atomic E-state index is 0.483. The Bertz CT molecular complexity index is 276. The molecule has 0 radical (unpaired) electrons. The lowest BCUT2D eigenvalue weighted by Crippen LogP contribution is -2.22. The van der Waals surface area contributed by atoms with Crippen LogP contribution in [0, 0.1) is 0 Å². The molecule has 0 saturated carbocycles. The summed E-state index contributed by atoms with van der Waals surface area (Å²) in [5, 5.41) is 2.39. The predicted octanol–water partition coefficient (Wildman–Crippen LogP) is 2.27. The Morgan fingerprint density at radius 1 is 1.17 bits per heavy atom. The van der Waals surface area contributed by atoms with Crippen LogP contribution in [0.3, 0.4) is 0 Å². The third-order valence-corrected chi connectivity index (χ3v) is 4.06. The first kappa shape index (κ1) is 9.90. The van der Waals surface area contributed by atoms with E-state index in [1.807, 2.05) is 12.1 Å². The summed E-state index contributed by atoms with van der Waals surface area (Å²) in [5.74, 6) is 0. The van der Waals surface area contributed by atoms with Gasteiger partial charge in [-0.3, -0.25) is 0 Å². The summed E-state index contributed by atoms with van der Waals surface area (Å²) in [6.45, 7) is 4.44. The van der Waals surface area contributed by atoms with Crippen molar-refractivity contribution in [2.24, 2.45) is 0 Å². The van der Waals surface area contributed by atoms with Crippen LogP contribution in [0.2, 0.25) is 23.1 Å². The molecule has 66 valence electrons. The molecule has 0 aliphatic rings. The van der Waals surface area contributed by atoms with Crippen molar-refractivity contribution in [2.75, 3.05) is 5.73 Å². The van der Waals surface area contributed by atoms with Crippen LogP contribution in [0.4, 0.5) is 5.69 Å². The van der Waals surface area contributed by atoms with Gasteiger partial charge in [0.15, 0.2) is 0 Å². The highest BCUT2D eigenvalue weighted by molar-refractivity contribution is 6.71. The summed E-state index contributed by atoms with van der Waals surface area (Å²) in [7, 11) is -0.830. The number of hydrogen-bond acceptors (Lipinski definition) is 1. The van der Waals surface area contributed by atoms with Crippen LogP contribution in [-0.4, -0.2) is 8.80 Å². The van der Waals surface area contributed by atoms with Gasteiger partial charge in [0.25, 0.3) is 0 Å². The van der Waals surface area contributed by atoms with Crippen molar-refractivity contribution in [2.45, 2.75) is 13.1 Å². The van der Waals surface area contributed by atoms with Crippen molar-refractivity contribution >= 4 is 42.9 Å². The van der Waals surface area contributed by atoms with Crippen LogP contribution in [-0.2, 0) is 0 Å². The van der Waals surface area contributed by atoms with Crippen LogP contribution in [0.1, 0.15) is 0 Å². The van der Waals surface area contributed by atoms with Gasteiger partial charge in [0, 0.05) is 0 Å². The molecule has 1 aromatic rings. The van der Waals surface area contributed by atoms with Crippen LogP contribution in [0.25, 0.3) is 0 Å². The van der Waals surface area contributed by atoms with Gasteiger partial charge in [-0.05, 0) is 12.1 Å². The number of benzene rings is 1. The normalized spacial score (nSPS) is 10.8. The molecule has 0 aliphatic heterocycles. The smallest absolute Gasteiger partial charge is 0.0692 e. The van der Waals surface area contributed by atoms with Crippen molar-refractivity contribution in [1.29, 1.82) is 0 Å². The highest BCUT2D eigenvalue weighted by atomic mass is 35.5. The second-order valence-corrected chi connectivity index (χ2v) is 6.84. The zero-order valence-corrected chi connectivity index (χ0v) is 9.73. The summed E-state index contributed by atoms with van der Waals surface area (Å²) >= 11 is 11.8. The standard InChI is InChI=1S/C8H11Cl2NSi/c1-12(2)5-3-6(9)8(11)7(10)4-5/h3-4,12H,11H2,1-2H3. The van der Waals surface area contributed by atoms with Gasteiger partial charge in [0.05, 0.1) is 24.5 Å². The third-order valence-electron chi connectivity index (χ3n) is 1.77. The van der Waals surface area contributed by atoms with E-state index in [2.05, 4.69) is 13.1 Å². The molecule has 0 saturated heterocycles. The van der Waals surface area contributed by atoms with E-state index in [1.165, 1.54) is 5.19 Å². The van der Waals surface area contributed by atoms with Gasteiger partial charge < -0.3 is 5.73 Å². The van der Waals surface area contributed by atoms with Gasteiger partial charge in [-0.25, -0.2) is 0 Å². The highest BCUT2D eigenvalue weighted by Crippen LogP contribution is 2.25. The molecular weight excluding hydrogens is 209 g/mol. The van der Waals surface area contributed by atoms with E-state index in [9.17, 15) is 0 Å². The maximum absolute atomic E-state index is 5.88. The Labute approximate surface area is 84.1 Å². The van der Waals surface area contributed by atoms with E-state index in [4.69, 9.17) is 28.9 Å². The zero-order chi connectivity index (χ0) is 9.30. The second-order valence-electron chi connectivity index (χ2n) is 3.05. The first-order chi connectivity index (χ1) is 5.52. The number of nitrogen functional groups attached to an aromatic ring is 1. The third kappa shape index (κ3) is 1.94. The summed E-state index contributed by atoms with van der Waals surface area (Å²) in [6.07, 6.45) is 0. The molecule has 1 rings (SSSR count). The Hall–Kier alpha value is -0.183. The molecule has 0 heterocycles. The summed E-state index contributed by atoms with van der Waals surface area (Å²) in [6, 6.07) is 3.83. The molecule has 0 aromatic heterocycles. The van der Waals surface area contributed by atoms with Crippen molar-refractivity contribution in [1.82, 2.24) is 0 Å². The van der Waals surface area contributed by atoms with Gasteiger partial charge >= 0.3 is 0 Å². The van der Waals surface area contributed by atoms with E-state index in [0.29, 0.717) is 15.7 Å². The molecule has 0 amide bonds. The molecule has 0 aliphatic carbocycles. The molecule has 4 heteroatoms. The molecule has 0 unspecified atom stereocenters. The number of nitrogens with two attached hydrogens (primary N) is 1. The maximum Gasteiger partial charge on any atom is 0.0692 e. The number of halogens is 2. The Morgan fingerprint density at radius 2 is 1.58 bits per heavy atom. The first-order valence-electron chi connectivity index (χ1n) is 3.76. The average molecular weight is 220 g/mol. The summed E-state index contributed by atoms with van der Waals surface area (Å²) < 4.78 is 0. The van der Waals surface area contributed by atoms with Crippen molar-refractivity contribution in [3.8, 4) is 0 Å². The van der Waals surface area contributed by atoms with Crippen molar-refractivity contribution in [3.05, 3.63) is 22.2 Å². The van der Waals surface area contributed by atoms with Gasteiger partial charge in [-0.2, -0.15) is 0 Å². The summed E-state index contributed by atoms with van der Waals surface area (Å²) in [4.78, 5) is 0. The Balaban J connectivity index is 3.21. The van der Waals surface area contributed by atoms with Crippen LogP contribution < -0.4 is 10.9 Å². The van der Waals surface area contributed by atoms with Gasteiger partial charge in [0.2, 0.25) is 0 Å². The van der Waals surface area contributed by atoms with E-state index < -0.39 is 8.80 Å². The zero-order valence-electron chi connectivity index (χ0n) is 7.07. The minimum atomic E-state index is -0.830. The van der Waals surface area contributed by atoms with Crippen molar-refractivity contribution < 1.29 is 0 Å². The molecule has 1 nitrogen and oxygen atoms in total. The number of rotatable bonds is 1. The van der Waals surface area contributed by atoms with Gasteiger partial charge in [0.1, 0.15) is 0 Å². The quantitative estimate of drug-likeness (QED) is 0.570. The molecule has 0 atom stereocenters. The van der Waals surface area contributed by atoms with Crippen LogP contribution in [0.15, 0.2) is 12.1 Å². The Morgan fingerprint density at radius 3 is 1.92 bits per heavy atom.